The van der Waals surface area contributed by atoms with Crippen LogP contribution in [0.5, 0.6) is 5.75 Å². The van der Waals surface area contributed by atoms with Crippen molar-refractivity contribution < 1.29 is 47.6 Å². The van der Waals surface area contributed by atoms with Gasteiger partial charge in [-0.3, -0.25) is 19.2 Å². The minimum absolute atomic E-state index is 0.333. The van der Waals surface area contributed by atoms with Crippen molar-refractivity contribution in [3.05, 3.63) is 36.4 Å². The van der Waals surface area contributed by atoms with Gasteiger partial charge in [-0.2, -0.15) is 0 Å². The van der Waals surface area contributed by atoms with Crippen LogP contribution in [-0.2, 0) is 42.9 Å². The van der Waals surface area contributed by atoms with Gasteiger partial charge in [0.05, 0.1) is 0 Å². The molecule has 32 heavy (non-hydrogen) atoms. The molecule has 10 nitrogen and oxygen atoms in total. The van der Waals surface area contributed by atoms with Gasteiger partial charge in [-0.1, -0.05) is 30.9 Å². The van der Waals surface area contributed by atoms with E-state index >= 15 is 0 Å². The molecule has 1 aliphatic heterocycles. The Kier molecular flexibility index (Phi) is 8.77. The fourth-order valence-electron chi connectivity index (χ4n) is 3.17. The van der Waals surface area contributed by atoms with Crippen LogP contribution in [0, 0.1) is 0 Å². The first-order chi connectivity index (χ1) is 15.1. The molecule has 5 unspecified atom stereocenters. The van der Waals surface area contributed by atoms with E-state index in [1.54, 1.807) is 30.3 Å². The summed E-state index contributed by atoms with van der Waals surface area (Å²) in [5.74, 6) is -2.38. The van der Waals surface area contributed by atoms with E-state index in [1.165, 1.54) is 6.92 Å². The molecule has 174 valence electrons. The number of esters is 4. The van der Waals surface area contributed by atoms with Gasteiger partial charge in [0.25, 0.3) is 0 Å². The van der Waals surface area contributed by atoms with Gasteiger partial charge in [0.1, 0.15) is 18.5 Å². The van der Waals surface area contributed by atoms with Gasteiger partial charge in [0.15, 0.2) is 12.2 Å². The number of para-hydroxylation sites is 1. The number of carbonyl (C=O) groups excluding carboxylic acids is 4. The quantitative estimate of drug-likeness (QED) is 0.428. The maximum atomic E-state index is 11.8. The summed E-state index contributed by atoms with van der Waals surface area (Å²) in [7, 11) is 0. The molecule has 5 atom stereocenters. The molecular formula is C22H26O10. The van der Waals surface area contributed by atoms with Gasteiger partial charge < -0.3 is 28.4 Å². The Labute approximate surface area is 185 Å². The summed E-state index contributed by atoms with van der Waals surface area (Å²) in [5, 5.41) is 0. The lowest BCUT2D eigenvalue weighted by Crippen LogP contribution is -2.63. The van der Waals surface area contributed by atoms with Crippen LogP contribution in [-0.4, -0.2) is 61.2 Å². The Balaban J connectivity index is 2.49. The van der Waals surface area contributed by atoms with Gasteiger partial charge in [0, 0.05) is 33.3 Å². The third-order valence-corrected chi connectivity index (χ3v) is 4.33. The molecule has 0 saturated carbocycles. The second-order valence-electron chi connectivity index (χ2n) is 6.93. The van der Waals surface area contributed by atoms with Gasteiger partial charge in [-0.25, -0.2) is 0 Å². The van der Waals surface area contributed by atoms with E-state index in [4.69, 9.17) is 28.4 Å². The van der Waals surface area contributed by atoms with E-state index in [1.807, 2.05) is 0 Å². The molecule has 1 saturated heterocycles. The zero-order chi connectivity index (χ0) is 23.8. The molecule has 0 radical (unpaired) electrons. The molecule has 0 spiro atoms. The highest BCUT2D eigenvalue weighted by Crippen LogP contribution is 2.32. The van der Waals surface area contributed by atoms with Crippen LogP contribution in [0.1, 0.15) is 33.3 Å². The molecule has 10 heteroatoms. The van der Waals surface area contributed by atoms with Crippen molar-refractivity contribution in [3.8, 4) is 5.75 Å². The summed E-state index contributed by atoms with van der Waals surface area (Å²) in [6.07, 6.45) is -4.66. The van der Waals surface area contributed by atoms with Crippen LogP contribution in [0.25, 0.3) is 6.08 Å². The third kappa shape index (κ3) is 6.81. The zero-order valence-corrected chi connectivity index (χ0v) is 18.3. The third-order valence-electron chi connectivity index (χ3n) is 4.33. The molecule has 1 aromatic rings. The van der Waals surface area contributed by atoms with E-state index in [-0.39, 0.29) is 6.61 Å². The smallest absolute Gasteiger partial charge is 0.303 e. The van der Waals surface area contributed by atoms with Crippen molar-refractivity contribution in [3.63, 3.8) is 0 Å². The molecule has 0 N–H and O–H groups in total. The predicted molar refractivity (Wildman–Crippen MR) is 109 cm³/mol. The van der Waals surface area contributed by atoms with Crippen LogP contribution >= 0.6 is 0 Å². The number of hydrogen-bond donors (Lipinski definition) is 0. The summed E-state index contributed by atoms with van der Waals surface area (Å²) in [4.78, 5) is 46.7. The Morgan fingerprint density at radius 1 is 0.875 bits per heavy atom. The summed E-state index contributed by atoms with van der Waals surface area (Å²) in [5.41, 5.74) is 0.625. The van der Waals surface area contributed by atoms with E-state index < -0.39 is 54.6 Å². The van der Waals surface area contributed by atoms with Gasteiger partial charge >= 0.3 is 23.9 Å². The lowest BCUT2D eigenvalue weighted by atomic mass is 9.98. The lowest BCUT2D eigenvalue weighted by molar-refractivity contribution is -0.288. The average Bonchev–Trinajstić information content (AvgIpc) is 2.70. The highest BCUT2D eigenvalue weighted by atomic mass is 16.7. The summed E-state index contributed by atoms with van der Waals surface area (Å²) in [6.45, 7) is 8.05. The van der Waals surface area contributed by atoms with Crippen molar-refractivity contribution in [1.82, 2.24) is 0 Å². The maximum absolute atomic E-state index is 11.8. The van der Waals surface area contributed by atoms with Crippen molar-refractivity contribution in [2.45, 2.75) is 58.4 Å². The monoisotopic (exact) mass is 450 g/mol. The Bertz CT molecular complexity index is 864. The molecule has 1 fully saturated rings. The second-order valence-corrected chi connectivity index (χ2v) is 6.93. The van der Waals surface area contributed by atoms with Gasteiger partial charge in [-0.15, -0.1) is 0 Å². The van der Waals surface area contributed by atoms with Crippen molar-refractivity contribution in [1.29, 1.82) is 0 Å². The fraction of sp³-hybridized carbons (Fsp3) is 0.455. The van der Waals surface area contributed by atoms with E-state index in [0.717, 1.165) is 20.8 Å². The minimum Gasteiger partial charge on any atom is -0.463 e. The SMILES string of the molecule is C=Cc1ccccc1OC1OC(COC(C)=O)C(OC(C)=O)C(OC(C)=O)C1OC(C)=O. The van der Waals surface area contributed by atoms with Crippen LogP contribution in [0.3, 0.4) is 0 Å². The predicted octanol–water partition coefficient (Wildman–Crippen LogP) is 1.79. The number of ether oxygens (including phenoxy) is 6. The van der Waals surface area contributed by atoms with Crippen molar-refractivity contribution in [2.24, 2.45) is 0 Å². The zero-order valence-electron chi connectivity index (χ0n) is 18.3. The number of benzene rings is 1. The van der Waals surface area contributed by atoms with Gasteiger partial charge in [-0.05, 0) is 6.07 Å². The lowest BCUT2D eigenvalue weighted by Gasteiger charge is -2.44. The summed E-state index contributed by atoms with van der Waals surface area (Å²) in [6, 6.07) is 6.88. The van der Waals surface area contributed by atoms with E-state index in [9.17, 15) is 19.2 Å². The maximum Gasteiger partial charge on any atom is 0.303 e. The number of rotatable bonds is 8. The Morgan fingerprint density at radius 3 is 2.00 bits per heavy atom. The van der Waals surface area contributed by atoms with Gasteiger partial charge in [0.2, 0.25) is 12.4 Å². The molecule has 0 aliphatic carbocycles. The molecule has 0 bridgehead atoms. The van der Waals surface area contributed by atoms with Crippen LogP contribution < -0.4 is 4.74 Å². The second kappa shape index (κ2) is 11.3. The minimum atomic E-state index is -1.30. The molecule has 2 rings (SSSR count). The highest BCUT2D eigenvalue weighted by molar-refractivity contribution is 5.68. The molecule has 1 aromatic carbocycles. The molecular weight excluding hydrogens is 424 g/mol. The topological polar surface area (TPSA) is 124 Å². The molecule has 0 amide bonds. The number of hydrogen-bond acceptors (Lipinski definition) is 10. The Morgan fingerprint density at radius 2 is 1.44 bits per heavy atom. The van der Waals surface area contributed by atoms with E-state index in [2.05, 4.69) is 6.58 Å². The van der Waals surface area contributed by atoms with E-state index in [0.29, 0.717) is 11.3 Å². The molecule has 1 aliphatic rings. The first kappa shape index (κ1) is 24.9. The van der Waals surface area contributed by atoms with Crippen LogP contribution in [0.15, 0.2) is 30.8 Å². The first-order valence-electron chi connectivity index (χ1n) is 9.81. The van der Waals surface area contributed by atoms with Crippen molar-refractivity contribution in [2.75, 3.05) is 6.61 Å². The molecule has 0 aromatic heterocycles. The highest BCUT2D eigenvalue weighted by Gasteiger charge is 2.53. The summed E-state index contributed by atoms with van der Waals surface area (Å²) >= 11 is 0. The molecule has 1 heterocycles. The first-order valence-corrected chi connectivity index (χ1v) is 9.81. The van der Waals surface area contributed by atoms with Crippen LogP contribution in [0.4, 0.5) is 0 Å². The normalized spacial score (nSPS) is 24.6. The van der Waals surface area contributed by atoms with Crippen molar-refractivity contribution >= 4 is 30.0 Å². The fourth-order valence-corrected chi connectivity index (χ4v) is 3.17. The summed E-state index contributed by atoms with van der Waals surface area (Å²) < 4.78 is 32.9. The number of carbonyl (C=O) groups is 4. The van der Waals surface area contributed by atoms with Crippen LogP contribution in [0.2, 0.25) is 0 Å². The Hall–Kier alpha value is -3.40. The standard InChI is InChI=1S/C22H26O10/c1-6-16-9-7-8-10-17(16)31-22-21(30-15(5)26)20(29-14(4)25)19(28-13(3)24)18(32-22)11-27-12(2)23/h6-10,18-22H,1,11H2,2-5H3. The largest absolute Gasteiger partial charge is 0.463 e. The average molecular weight is 450 g/mol.